The summed E-state index contributed by atoms with van der Waals surface area (Å²) in [5, 5.41) is 0. The zero-order valence-electron chi connectivity index (χ0n) is 14.0. The number of aliphatic imine (C=N–C) groups is 1. The van der Waals surface area contributed by atoms with Crippen molar-refractivity contribution in [2.24, 2.45) is 10.9 Å². The van der Waals surface area contributed by atoms with Crippen molar-refractivity contribution in [3.05, 3.63) is 41.2 Å². The lowest BCUT2D eigenvalue weighted by Crippen LogP contribution is -2.62. The second kappa shape index (κ2) is 5.25. The molecule has 128 valence electrons. The van der Waals surface area contributed by atoms with Crippen molar-refractivity contribution >= 4 is 18.0 Å². The first kappa shape index (κ1) is 14.8. The number of nitrogens with zero attached hydrogens (tertiary/aromatic N) is 4. The van der Waals surface area contributed by atoms with Gasteiger partial charge in [-0.05, 0) is 31.4 Å². The van der Waals surface area contributed by atoms with E-state index < -0.39 is 5.66 Å². The van der Waals surface area contributed by atoms with Crippen molar-refractivity contribution in [1.82, 2.24) is 14.8 Å². The van der Waals surface area contributed by atoms with E-state index in [9.17, 15) is 9.59 Å². The van der Waals surface area contributed by atoms with Crippen LogP contribution in [0.5, 0.6) is 0 Å². The highest BCUT2D eigenvalue weighted by Crippen LogP contribution is 2.51. The molecule has 1 saturated heterocycles. The van der Waals surface area contributed by atoms with E-state index in [1.165, 1.54) is 0 Å². The van der Waals surface area contributed by atoms with Gasteiger partial charge in [-0.15, -0.1) is 0 Å². The number of pyridine rings is 1. The molecule has 0 aromatic carbocycles. The molecule has 4 aliphatic rings. The molecule has 0 bridgehead atoms. The number of dihydropyridines is 1. The lowest BCUT2D eigenvalue weighted by Gasteiger charge is -2.47. The van der Waals surface area contributed by atoms with Crippen LogP contribution in [-0.2, 0) is 11.2 Å². The van der Waals surface area contributed by atoms with Gasteiger partial charge in [0, 0.05) is 44.4 Å². The summed E-state index contributed by atoms with van der Waals surface area (Å²) in [6, 6.07) is 3.66. The predicted octanol–water partition coefficient (Wildman–Crippen LogP) is 1.43. The van der Waals surface area contributed by atoms with Gasteiger partial charge in [0.1, 0.15) is 5.66 Å². The number of aromatic nitrogens is 1. The first-order valence-electron chi connectivity index (χ1n) is 8.99. The predicted molar refractivity (Wildman–Crippen MR) is 92.2 cm³/mol. The average Bonchev–Trinajstić information content (AvgIpc) is 3.44. The van der Waals surface area contributed by atoms with E-state index in [1.807, 2.05) is 28.0 Å². The van der Waals surface area contributed by atoms with E-state index in [0.29, 0.717) is 36.6 Å². The minimum atomic E-state index is -0.540. The molecule has 1 unspecified atom stereocenters. The summed E-state index contributed by atoms with van der Waals surface area (Å²) >= 11 is 0. The summed E-state index contributed by atoms with van der Waals surface area (Å²) in [5.74, 6) is 0.368. The summed E-state index contributed by atoms with van der Waals surface area (Å²) in [6.45, 7) is 1.92. The van der Waals surface area contributed by atoms with Crippen LogP contribution in [0.3, 0.4) is 0 Å². The van der Waals surface area contributed by atoms with Gasteiger partial charge in [-0.3, -0.25) is 19.6 Å². The molecule has 2 fully saturated rings. The second-order valence-corrected chi connectivity index (χ2v) is 7.22. The molecular formula is C19H20N4O2. The second-order valence-electron chi connectivity index (χ2n) is 7.22. The van der Waals surface area contributed by atoms with Gasteiger partial charge in [-0.2, -0.15) is 0 Å². The van der Waals surface area contributed by atoms with Crippen molar-refractivity contribution in [1.29, 1.82) is 0 Å². The molecule has 25 heavy (non-hydrogen) atoms. The monoisotopic (exact) mass is 336 g/mol. The summed E-state index contributed by atoms with van der Waals surface area (Å²) in [5.41, 5.74) is 1.63. The van der Waals surface area contributed by atoms with Gasteiger partial charge in [-0.25, -0.2) is 0 Å². The molecule has 5 rings (SSSR count). The van der Waals surface area contributed by atoms with Gasteiger partial charge in [0.25, 0.3) is 11.8 Å². The molecule has 4 heterocycles. The fourth-order valence-electron chi connectivity index (χ4n) is 4.58. The molecule has 1 aromatic heterocycles. The Labute approximate surface area is 146 Å². The normalized spacial score (nSPS) is 27.8. The van der Waals surface area contributed by atoms with E-state index >= 15 is 0 Å². The maximum Gasteiger partial charge on any atom is 0.257 e. The summed E-state index contributed by atoms with van der Waals surface area (Å²) in [7, 11) is 0. The summed E-state index contributed by atoms with van der Waals surface area (Å²) in [4.78, 5) is 38.9. The van der Waals surface area contributed by atoms with E-state index in [1.54, 1.807) is 12.4 Å². The Hall–Kier alpha value is -2.50. The highest BCUT2D eigenvalue weighted by atomic mass is 16.2. The number of carbonyl (C=O) groups is 2. The summed E-state index contributed by atoms with van der Waals surface area (Å²) < 4.78 is 0. The van der Waals surface area contributed by atoms with Crippen LogP contribution in [-0.4, -0.2) is 58.1 Å². The number of carbonyl (C=O) groups excluding carboxylic acids is 2. The zero-order valence-corrected chi connectivity index (χ0v) is 14.0. The Bertz CT molecular complexity index is 826. The van der Waals surface area contributed by atoms with Crippen LogP contribution in [0.2, 0.25) is 0 Å². The van der Waals surface area contributed by atoms with Crippen LogP contribution in [0.25, 0.3) is 0 Å². The highest BCUT2D eigenvalue weighted by Gasteiger charge is 2.61. The van der Waals surface area contributed by atoms with Crippen LogP contribution in [0, 0.1) is 5.92 Å². The Kier molecular flexibility index (Phi) is 3.11. The van der Waals surface area contributed by atoms with Crippen molar-refractivity contribution in [3.8, 4) is 0 Å². The average molecular weight is 336 g/mol. The van der Waals surface area contributed by atoms with Crippen molar-refractivity contribution in [3.63, 3.8) is 0 Å². The van der Waals surface area contributed by atoms with Crippen LogP contribution >= 0.6 is 0 Å². The third kappa shape index (κ3) is 2.03. The lowest BCUT2D eigenvalue weighted by atomic mass is 9.88. The first-order chi connectivity index (χ1) is 12.2. The number of amides is 2. The smallest absolute Gasteiger partial charge is 0.257 e. The largest absolute Gasteiger partial charge is 0.313 e. The Balaban J connectivity index is 1.59. The zero-order chi connectivity index (χ0) is 17.0. The van der Waals surface area contributed by atoms with E-state index in [2.05, 4.69) is 9.98 Å². The fourth-order valence-corrected chi connectivity index (χ4v) is 4.58. The Morgan fingerprint density at radius 3 is 2.92 bits per heavy atom. The minimum absolute atomic E-state index is 0.00466. The molecule has 2 amide bonds. The fraction of sp³-hybridized carbons (Fsp3) is 0.474. The van der Waals surface area contributed by atoms with E-state index in [-0.39, 0.29) is 11.8 Å². The summed E-state index contributed by atoms with van der Waals surface area (Å²) in [6.07, 6.45) is 8.94. The molecule has 3 aliphatic heterocycles. The van der Waals surface area contributed by atoms with Gasteiger partial charge in [0.2, 0.25) is 0 Å². The van der Waals surface area contributed by atoms with Gasteiger partial charge in [0.05, 0.1) is 16.8 Å². The molecule has 1 saturated carbocycles. The standard InChI is InChI=1S/C19H20N4O2/c24-17(13-3-1-7-20-12-13)22-9-10-23-18(25)15-4-2-8-21-16(15)11-19(22,23)14-5-6-14/h2-4,8,12,14H,1,5-7,9-11H2. The van der Waals surface area contributed by atoms with Gasteiger partial charge < -0.3 is 9.80 Å². The first-order valence-corrected chi connectivity index (χ1v) is 8.99. The molecule has 0 N–H and O–H groups in total. The topological polar surface area (TPSA) is 65.9 Å². The Morgan fingerprint density at radius 2 is 2.16 bits per heavy atom. The Morgan fingerprint density at radius 1 is 1.28 bits per heavy atom. The molecular weight excluding hydrogens is 316 g/mol. The van der Waals surface area contributed by atoms with Gasteiger partial charge in [-0.1, -0.05) is 6.08 Å². The maximum atomic E-state index is 13.2. The van der Waals surface area contributed by atoms with Crippen molar-refractivity contribution < 1.29 is 9.59 Å². The van der Waals surface area contributed by atoms with Crippen molar-refractivity contribution in [2.45, 2.75) is 31.3 Å². The van der Waals surface area contributed by atoms with E-state index in [4.69, 9.17) is 0 Å². The SMILES string of the molecule is O=C(C1=CCCN=C1)N1CCN2C(=O)c3cccnc3CC12C1CC1. The van der Waals surface area contributed by atoms with Crippen LogP contribution < -0.4 is 0 Å². The molecule has 1 aliphatic carbocycles. The third-order valence-electron chi connectivity index (χ3n) is 5.85. The molecule has 1 aromatic rings. The molecule has 1 atom stereocenters. The molecule has 0 spiro atoms. The highest BCUT2D eigenvalue weighted by molar-refractivity contribution is 6.13. The lowest BCUT2D eigenvalue weighted by molar-refractivity contribution is -0.135. The maximum absolute atomic E-state index is 13.2. The van der Waals surface area contributed by atoms with Gasteiger partial charge in [0.15, 0.2) is 0 Å². The van der Waals surface area contributed by atoms with Crippen LogP contribution in [0.1, 0.15) is 35.3 Å². The molecule has 0 radical (unpaired) electrons. The van der Waals surface area contributed by atoms with Crippen molar-refractivity contribution in [2.75, 3.05) is 19.6 Å². The van der Waals surface area contributed by atoms with Crippen LogP contribution in [0.4, 0.5) is 0 Å². The van der Waals surface area contributed by atoms with Crippen LogP contribution in [0.15, 0.2) is 35.0 Å². The third-order valence-corrected chi connectivity index (χ3v) is 5.85. The van der Waals surface area contributed by atoms with Gasteiger partial charge >= 0.3 is 0 Å². The quantitative estimate of drug-likeness (QED) is 0.821. The van der Waals surface area contributed by atoms with E-state index in [0.717, 1.165) is 31.5 Å². The number of rotatable bonds is 2. The molecule has 6 heteroatoms. The number of hydrogen-bond acceptors (Lipinski definition) is 4. The number of fused-ring (bicyclic) bond motifs is 2. The number of hydrogen-bond donors (Lipinski definition) is 0. The minimum Gasteiger partial charge on any atom is -0.313 e. The molecule has 6 nitrogen and oxygen atoms in total.